The maximum atomic E-state index is 7.06. The molecule has 0 bridgehead atoms. The standard InChI is InChI=1S/C54H34N2OS/c1-3-15-35(16-4-1)37-29-30-43-49(33-37)57-54-40(36-17-5-2-6-18-36)31-32-48(53(43)54)56(47-26-14-28-51-52(47)44-23-9-12-27-50(44)58-51)39-20-13-19-38(34-39)55-45-24-10-7-21-41(45)42-22-8-11-25-46(42)55/h1-34H. The molecule has 3 aromatic heterocycles. The maximum absolute atomic E-state index is 7.06. The lowest BCUT2D eigenvalue weighted by Crippen LogP contribution is -2.11. The van der Waals surface area contributed by atoms with Crippen LogP contribution in [0.3, 0.4) is 0 Å². The van der Waals surface area contributed by atoms with Crippen LogP contribution in [0.5, 0.6) is 0 Å². The Morgan fingerprint density at radius 2 is 1.05 bits per heavy atom. The number of furan rings is 1. The van der Waals surface area contributed by atoms with Crippen molar-refractivity contribution >= 4 is 92.3 Å². The number of para-hydroxylation sites is 2. The van der Waals surface area contributed by atoms with Gasteiger partial charge in [0.25, 0.3) is 0 Å². The van der Waals surface area contributed by atoms with E-state index in [2.05, 4.69) is 216 Å². The van der Waals surface area contributed by atoms with E-state index in [1.165, 1.54) is 42.0 Å². The zero-order valence-corrected chi connectivity index (χ0v) is 32.2. The highest BCUT2D eigenvalue weighted by molar-refractivity contribution is 7.26. The van der Waals surface area contributed by atoms with Crippen LogP contribution in [0.2, 0.25) is 0 Å². The number of fused-ring (bicyclic) bond motifs is 9. The molecular formula is C54H34N2OS. The number of aromatic nitrogens is 1. The molecule has 0 N–H and O–H groups in total. The summed E-state index contributed by atoms with van der Waals surface area (Å²) in [4.78, 5) is 2.47. The zero-order chi connectivity index (χ0) is 38.2. The number of rotatable bonds is 6. The SMILES string of the molecule is c1ccc(-c2ccc3c(c2)oc2c(-c4ccccc4)ccc(N(c4cccc(-n5c6ccccc6c6ccccc65)c4)c4cccc5sc6ccccc6c45)c23)cc1. The number of anilines is 3. The van der Waals surface area contributed by atoms with Gasteiger partial charge in [-0.15, -0.1) is 11.3 Å². The molecule has 0 saturated carbocycles. The van der Waals surface area contributed by atoms with E-state index in [0.29, 0.717) is 0 Å². The van der Waals surface area contributed by atoms with Crippen molar-refractivity contribution < 1.29 is 4.42 Å². The van der Waals surface area contributed by atoms with Gasteiger partial charge in [-0.3, -0.25) is 0 Å². The molecule has 0 radical (unpaired) electrons. The van der Waals surface area contributed by atoms with E-state index >= 15 is 0 Å². The van der Waals surface area contributed by atoms with E-state index in [0.717, 1.165) is 66.9 Å². The molecular weight excluding hydrogens is 725 g/mol. The van der Waals surface area contributed by atoms with Crippen LogP contribution in [0.15, 0.2) is 211 Å². The predicted octanol–water partition coefficient (Wildman–Crippen LogP) is 15.9. The predicted molar refractivity (Wildman–Crippen MR) is 247 cm³/mol. The summed E-state index contributed by atoms with van der Waals surface area (Å²) in [5.74, 6) is 0. The number of nitrogens with zero attached hydrogens (tertiary/aromatic N) is 2. The van der Waals surface area contributed by atoms with Crippen LogP contribution < -0.4 is 4.90 Å². The highest BCUT2D eigenvalue weighted by Gasteiger charge is 2.25. The second-order valence-corrected chi connectivity index (χ2v) is 15.9. The van der Waals surface area contributed by atoms with Gasteiger partial charge in [-0.2, -0.15) is 0 Å². The Morgan fingerprint density at radius 1 is 0.414 bits per heavy atom. The van der Waals surface area contributed by atoms with E-state index in [4.69, 9.17) is 4.42 Å². The Bertz CT molecular complexity index is 3470. The second kappa shape index (κ2) is 13.1. The minimum atomic E-state index is 0.860. The molecule has 0 fully saturated rings. The van der Waals surface area contributed by atoms with Crippen molar-refractivity contribution in [3.8, 4) is 27.9 Å². The van der Waals surface area contributed by atoms with Gasteiger partial charge in [-0.25, -0.2) is 0 Å². The normalized spacial score (nSPS) is 11.8. The molecule has 0 unspecified atom stereocenters. The van der Waals surface area contributed by atoms with E-state index in [-0.39, 0.29) is 0 Å². The van der Waals surface area contributed by atoms with E-state index in [1.807, 2.05) is 11.3 Å². The van der Waals surface area contributed by atoms with Crippen LogP contribution in [0.25, 0.3) is 91.9 Å². The summed E-state index contributed by atoms with van der Waals surface area (Å²) >= 11 is 1.85. The molecule has 58 heavy (non-hydrogen) atoms. The molecule has 0 aliphatic carbocycles. The molecule has 9 aromatic carbocycles. The molecule has 0 aliphatic heterocycles. The van der Waals surface area contributed by atoms with Gasteiger partial charge in [-0.1, -0.05) is 133 Å². The monoisotopic (exact) mass is 758 g/mol. The minimum absolute atomic E-state index is 0.860. The van der Waals surface area contributed by atoms with Gasteiger partial charge >= 0.3 is 0 Å². The Labute approximate surface area is 338 Å². The largest absolute Gasteiger partial charge is 0.455 e. The first-order valence-corrected chi connectivity index (χ1v) is 20.5. The first kappa shape index (κ1) is 32.8. The molecule has 0 aliphatic rings. The fourth-order valence-corrected chi connectivity index (χ4v) is 10.2. The molecule has 12 rings (SSSR count). The summed E-state index contributed by atoms with van der Waals surface area (Å²) in [5, 5.41) is 7.14. The lowest BCUT2D eigenvalue weighted by molar-refractivity contribution is 0.670. The fraction of sp³-hybridized carbons (Fsp3) is 0. The topological polar surface area (TPSA) is 21.3 Å². The summed E-state index contributed by atoms with van der Waals surface area (Å²) < 4.78 is 12.0. The van der Waals surface area contributed by atoms with Gasteiger partial charge < -0.3 is 13.9 Å². The van der Waals surface area contributed by atoms with Crippen molar-refractivity contribution in [3.63, 3.8) is 0 Å². The fourth-order valence-electron chi connectivity index (χ4n) is 9.03. The third kappa shape index (κ3) is 5.05. The zero-order valence-electron chi connectivity index (χ0n) is 31.3. The summed E-state index contributed by atoms with van der Waals surface area (Å²) in [7, 11) is 0. The van der Waals surface area contributed by atoms with Crippen LogP contribution in [-0.2, 0) is 0 Å². The van der Waals surface area contributed by atoms with Gasteiger partial charge in [0, 0.05) is 53.3 Å². The molecule has 12 aromatic rings. The van der Waals surface area contributed by atoms with Gasteiger partial charge in [-0.05, 0) is 89.5 Å². The maximum Gasteiger partial charge on any atom is 0.145 e. The smallest absolute Gasteiger partial charge is 0.145 e. The lowest BCUT2D eigenvalue weighted by Gasteiger charge is -2.28. The quantitative estimate of drug-likeness (QED) is 0.168. The molecule has 272 valence electrons. The average Bonchev–Trinajstić information content (AvgIpc) is 3.97. The van der Waals surface area contributed by atoms with E-state index in [9.17, 15) is 0 Å². The summed E-state index contributed by atoms with van der Waals surface area (Å²) in [5.41, 5.74) is 12.9. The Kier molecular flexibility index (Phi) is 7.40. The third-order valence-corrected chi connectivity index (χ3v) is 12.7. The van der Waals surface area contributed by atoms with E-state index < -0.39 is 0 Å². The van der Waals surface area contributed by atoms with Crippen molar-refractivity contribution in [2.75, 3.05) is 4.90 Å². The molecule has 4 heteroatoms. The Morgan fingerprint density at radius 3 is 1.83 bits per heavy atom. The molecule has 0 atom stereocenters. The van der Waals surface area contributed by atoms with Crippen LogP contribution in [0.1, 0.15) is 0 Å². The summed E-state index contributed by atoms with van der Waals surface area (Å²) in [6.45, 7) is 0. The third-order valence-electron chi connectivity index (χ3n) is 11.6. The van der Waals surface area contributed by atoms with Crippen molar-refractivity contribution in [1.82, 2.24) is 4.57 Å². The highest BCUT2D eigenvalue weighted by atomic mass is 32.1. The highest BCUT2D eigenvalue weighted by Crippen LogP contribution is 2.50. The summed E-state index contributed by atoms with van der Waals surface area (Å²) in [6.07, 6.45) is 0. The molecule has 0 saturated heterocycles. The molecule has 0 spiro atoms. The van der Waals surface area contributed by atoms with Crippen molar-refractivity contribution in [2.24, 2.45) is 0 Å². The Balaban J connectivity index is 1.18. The first-order valence-electron chi connectivity index (χ1n) is 19.7. The van der Waals surface area contributed by atoms with Gasteiger partial charge in [0.05, 0.1) is 27.8 Å². The summed E-state index contributed by atoms with van der Waals surface area (Å²) in [6, 6.07) is 74.3. The van der Waals surface area contributed by atoms with Crippen molar-refractivity contribution in [1.29, 1.82) is 0 Å². The second-order valence-electron chi connectivity index (χ2n) is 14.9. The van der Waals surface area contributed by atoms with Crippen molar-refractivity contribution in [2.45, 2.75) is 0 Å². The average molecular weight is 759 g/mol. The minimum Gasteiger partial charge on any atom is -0.455 e. The number of hydrogen-bond acceptors (Lipinski definition) is 3. The van der Waals surface area contributed by atoms with Crippen LogP contribution in [0, 0.1) is 0 Å². The first-order chi connectivity index (χ1) is 28.8. The van der Waals surface area contributed by atoms with E-state index in [1.54, 1.807) is 0 Å². The lowest BCUT2D eigenvalue weighted by atomic mass is 9.98. The molecule has 3 heterocycles. The van der Waals surface area contributed by atoms with Gasteiger partial charge in [0.1, 0.15) is 11.2 Å². The van der Waals surface area contributed by atoms with Crippen LogP contribution in [0.4, 0.5) is 17.1 Å². The number of benzene rings is 9. The number of thiophene rings is 1. The molecule has 0 amide bonds. The van der Waals surface area contributed by atoms with Crippen LogP contribution >= 0.6 is 11.3 Å². The van der Waals surface area contributed by atoms with Gasteiger partial charge in [0.15, 0.2) is 0 Å². The van der Waals surface area contributed by atoms with Gasteiger partial charge in [0.2, 0.25) is 0 Å². The Hall–Kier alpha value is -7.40. The number of hydrogen-bond donors (Lipinski definition) is 0. The van der Waals surface area contributed by atoms with Crippen molar-refractivity contribution in [3.05, 3.63) is 206 Å². The van der Waals surface area contributed by atoms with Crippen LogP contribution in [-0.4, -0.2) is 4.57 Å². The molecule has 3 nitrogen and oxygen atoms in total.